The van der Waals surface area contributed by atoms with E-state index in [0.29, 0.717) is 24.2 Å². The van der Waals surface area contributed by atoms with Crippen LogP contribution in [-0.4, -0.2) is 22.9 Å². The molecule has 0 radical (unpaired) electrons. The van der Waals surface area contributed by atoms with Gasteiger partial charge in [-0.15, -0.1) is 0 Å². The average molecular weight is 727 g/mol. The quantitative estimate of drug-likeness (QED) is 0.233. The third kappa shape index (κ3) is 6.09. The van der Waals surface area contributed by atoms with Gasteiger partial charge in [-0.25, -0.2) is 0 Å². The van der Waals surface area contributed by atoms with E-state index in [4.69, 9.17) is 19.4 Å². The Balaban J connectivity index is 1.73. The van der Waals surface area contributed by atoms with Crippen LogP contribution in [0.4, 0.5) is 0 Å². The topological polar surface area (TPSA) is 19.7 Å². The summed E-state index contributed by atoms with van der Waals surface area (Å²) in [4.78, 5) is 0. The van der Waals surface area contributed by atoms with E-state index in [9.17, 15) is 0 Å². The second kappa shape index (κ2) is 13.4. The monoisotopic (exact) mass is 726 g/mol. The van der Waals surface area contributed by atoms with Crippen molar-refractivity contribution in [1.29, 1.82) is 0 Å². The van der Waals surface area contributed by atoms with Crippen LogP contribution in [-0.2, 0) is 10.3 Å². The van der Waals surface area contributed by atoms with Gasteiger partial charge in [-0.2, -0.15) is 0 Å². The third-order valence-corrected chi connectivity index (χ3v) is 21.0. The molecule has 0 N–H and O–H groups in total. The van der Waals surface area contributed by atoms with Gasteiger partial charge in [0, 0.05) is 0 Å². The summed E-state index contributed by atoms with van der Waals surface area (Å²) in [5.41, 5.74) is 1.15. The molecule has 3 aromatic rings. The molecule has 0 atom stereocenters. The van der Waals surface area contributed by atoms with Crippen LogP contribution < -0.4 is 0 Å². The molecule has 4 aliphatic carbocycles. The number of halogens is 2. The Bertz CT molecular complexity index is 1550. The van der Waals surface area contributed by atoms with Crippen LogP contribution in [0.5, 0.6) is 0 Å². The summed E-state index contributed by atoms with van der Waals surface area (Å²) >= 11 is 0. The third-order valence-electron chi connectivity index (χ3n) is 11.2. The van der Waals surface area contributed by atoms with Gasteiger partial charge in [-0.1, -0.05) is 0 Å². The zero-order valence-corrected chi connectivity index (χ0v) is 29.9. The Morgan fingerprint density at radius 2 is 0.750 bits per heavy atom. The van der Waals surface area contributed by atoms with Crippen molar-refractivity contribution in [3.63, 3.8) is 0 Å². The number of nitrogens with zero attached hydrogens (tertiary/aromatic N) is 4. The van der Waals surface area contributed by atoms with Gasteiger partial charge < -0.3 is 0 Å². The van der Waals surface area contributed by atoms with Gasteiger partial charge in [0.2, 0.25) is 0 Å². The fraction of sp³-hybridized carbons (Fsp3) is 0.649. The maximum absolute atomic E-state index is 8.76. The molecule has 0 spiro atoms. The van der Waals surface area contributed by atoms with Gasteiger partial charge in [-0.3, -0.25) is 0 Å². The predicted molar refractivity (Wildman–Crippen MR) is 183 cm³/mol. The summed E-state index contributed by atoms with van der Waals surface area (Å²) in [5.74, 6) is 0. The summed E-state index contributed by atoms with van der Waals surface area (Å²) in [5, 5.41) is 0. The molecule has 244 valence electrons. The van der Waals surface area contributed by atoms with Gasteiger partial charge in [0.25, 0.3) is 0 Å². The van der Waals surface area contributed by atoms with Crippen molar-refractivity contribution in [3.05, 3.63) is 68.7 Å². The zero-order valence-electron chi connectivity index (χ0n) is 26.6. The van der Waals surface area contributed by atoms with Gasteiger partial charge in [0.15, 0.2) is 0 Å². The molecule has 44 heavy (non-hydrogen) atoms. The van der Waals surface area contributed by atoms with Gasteiger partial charge in [-0.05, 0) is 0 Å². The van der Waals surface area contributed by atoms with Crippen molar-refractivity contribution in [2.45, 2.75) is 153 Å². The summed E-state index contributed by atoms with van der Waals surface area (Å²) in [6.07, 6.45) is 35.0. The minimum absolute atomic E-state index is 0.464. The number of benzene rings is 1. The molecule has 0 amide bonds. The molecule has 0 bridgehead atoms. The Morgan fingerprint density at radius 1 is 0.455 bits per heavy atom. The summed E-state index contributed by atoms with van der Waals surface area (Å²) in [6.45, 7) is 0. The first kappa shape index (κ1) is 31.3. The summed E-state index contributed by atoms with van der Waals surface area (Å²) in [6, 6.07) is 12.7. The molecular weight excluding hydrogens is 672 g/mol. The van der Waals surface area contributed by atoms with Crippen LogP contribution in [0.15, 0.2) is 55.1 Å². The van der Waals surface area contributed by atoms with Crippen LogP contribution in [0.3, 0.4) is 0 Å². The van der Waals surface area contributed by atoms with E-state index in [0.717, 1.165) is 5.56 Å². The Kier molecular flexibility index (Phi) is 9.57. The first-order valence-corrected chi connectivity index (χ1v) is 25.1. The first-order chi connectivity index (χ1) is 21.5. The normalized spacial score (nSPS) is 22.9. The van der Waals surface area contributed by atoms with Crippen LogP contribution in [0, 0.1) is 8.03 Å². The summed E-state index contributed by atoms with van der Waals surface area (Å²) < 4.78 is 15.4. The molecule has 7 rings (SSSR count). The molecule has 4 nitrogen and oxygen atoms in total. The van der Waals surface area contributed by atoms with E-state index < -0.39 is 10.3 Å². The van der Waals surface area contributed by atoms with Crippen molar-refractivity contribution < 1.29 is 10.3 Å². The molecule has 4 saturated carbocycles. The molecule has 2 heterocycles. The minimum atomic E-state index is -4.80. The van der Waals surface area contributed by atoms with E-state index in [1.54, 1.807) is 0 Å². The van der Waals surface area contributed by atoms with Gasteiger partial charge in [0.1, 0.15) is 0 Å². The first-order valence-electron chi connectivity index (χ1n) is 17.9. The number of imidazole rings is 2. The molecular formula is C37H54Cl2N4Ru. The van der Waals surface area contributed by atoms with Crippen LogP contribution >= 0.6 is 19.4 Å². The van der Waals surface area contributed by atoms with E-state index in [1.165, 1.54) is 136 Å². The van der Waals surface area contributed by atoms with E-state index in [1.807, 2.05) is 0 Å². The molecule has 1 aromatic carbocycles. The second-order valence-corrected chi connectivity index (χ2v) is 27.4. The molecule has 7 heteroatoms. The fourth-order valence-electron chi connectivity index (χ4n) is 8.86. The molecule has 4 aliphatic rings. The number of aromatic nitrogens is 4. The number of rotatable bonds is 5. The van der Waals surface area contributed by atoms with E-state index in [-0.39, 0.29) is 0 Å². The standard InChI is InChI=1S/2C15H24N2.C7H6.2ClH.Ru/c2*1-3-7-14(8-4-1)16-11-12-17(13-16)15-9-5-2-6-10-15;1-7-5-3-2-4-6-7;;;/h2*11-12,14-15H,1-10H2;1-6H;2*1H;/q;;;;;+2/p-2. The van der Waals surface area contributed by atoms with Crippen LogP contribution in [0.1, 0.15) is 158 Å². The predicted octanol–water partition coefficient (Wildman–Crippen LogP) is 11.5. The molecule has 0 saturated heterocycles. The fourth-order valence-corrected chi connectivity index (χ4v) is 20.4. The number of hydrogen-bond acceptors (Lipinski definition) is 0. The Labute approximate surface area is 272 Å². The summed E-state index contributed by atoms with van der Waals surface area (Å²) in [7, 11) is 12.7. The number of hydrogen-bond donors (Lipinski definition) is 0. The van der Waals surface area contributed by atoms with Crippen molar-refractivity contribution >= 4 is 24.0 Å². The second-order valence-electron chi connectivity index (χ2n) is 14.2. The molecule has 4 fully saturated rings. The average Bonchev–Trinajstić information content (AvgIpc) is 3.75. The van der Waals surface area contributed by atoms with Crippen molar-refractivity contribution in [1.82, 2.24) is 18.3 Å². The van der Waals surface area contributed by atoms with E-state index >= 15 is 0 Å². The van der Waals surface area contributed by atoms with Crippen molar-refractivity contribution in [2.24, 2.45) is 0 Å². The van der Waals surface area contributed by atoms with Crippen LogP contribution in [0.25, 0.3) is 0 Å². The van der Waals surface area contributed by atoms with Crippen molar-refractivity contribution in [2.75, 3.05) is 0 Å². The Hall–Kier alpha value is -1.29. The van der Waals surface area contributed by atoms with Gasteiger partial charge >= 0.3 is 274 Å². The van der Waals surface area contributed by atoms with Gasteiger partial charge in [0.05, 0.1) is 0 Å². The SMILES string of the molecule is [Cl][Ru]([Cl])(=[CH]c1ccccc1)(=[c]1n(C2CCCCC2)ccn1C1CCCCC1)=[c]1n(C2CCCCC2)ccn1C1CCCCC1. The van der Waals surface area contributed by atoms with Crippen molar-refractivity contribution in [3.8, 4) is 0 Å². The maximum atomic E-state index is 8.76. The molecule has 0 unspecified atom stereocenters. The zero-order chi connectivity index (χ0) is 30.0. The molecule has 2 aromatic heterocycles. The molecule has 0 aliphatic heterocycles. The van der Waals surface area contributed by atoms with E-state index in [2.05, 4.69) is 78.0 Å². The van der Waals surface area contributed by atoms with Crippen LogP contribution in [0.2, 0.25) is 0 Å². The Morgan fingerprint density at radius 3 is 1.05 bits per heavy atom.